The van der Waals surface area contributed by atoms with E-state index in [9.17, 15) is 0 Å². The van der Waals surface area contributed by atoms with Gasteiger partial charge in [0.15, 0.2) is 0 Å². The summed E-state index contributed by atoms with van der Waals surface area (Å²) in [4.78, 5) is 0. The van der Waals surface area contributed by atoms with Crippen LogP contribution in [0.3, 0.4) is 0 Å². The monoisotopic (exact) mass is 147 g/mol. The first-order valence-corrected chi connectivity index (χ1v) is 4.15. The normalized spacial score (nSPS) is 8.00. The van der Waals surface area contributed by atoms with Gasteiger partial charge >= 0.3 is 0 Å². The van der Waals surface area contributed by atoms with Crippen molar-refractivity contribution >= 4 is 0 Å². The highest BCUT2D eigenvalue weighted by atomic mass is 13.9. The van der Waals surface area contributed by atoms with Gasteiger partial charge in [0.2, 0.25) is 0 Å². The molecule has 0 aliphatic carbocycles. The Kier molecular flexibility index (Phi) is 8.39. The maximum Gasteiger partial charge on any atom is 0.0340 e. The van der Waals surface area contributed by atoms with E-state index in [-0.39, 0.29) is 0 Å². The second kappa shape index (κ2) is 9.12. The van der Waals surface area contributed by atoms with Crippen LogP contribution in [0.4, 0.5) is 0 Å². The lowest BCUT2D eigenvalue weighted by Gasteiger charge is -1.87. The highest BCUT2D eigenvalue weighted by Crippen LogP contribution is 1.95. The van der Waals surface area contributed by atoms with E-state index in [1.165, 1.54) is 0 Å². The molecular formula is C11H15. The molecule has 0 fully saturated rings. The summed E-state index contributed by atoms with van der Waals surface area (Å²) >= 11 is 0. The number of rotatable bonds is 4. The third kappa shape index (κ3) is 9.12. The molecule has 0 aliphatic rings. The number of hydrogen-bond donors (Lipinski definition) is 0. The zero-order valence-corrected chi connectivity index (χ0v) is 7.19. The summed E-state index contributed by atoms with van der Waals surface area (Å²) in [6, 6.07) is 0. The van der Waals surface area contributed by atoms with Crippen molar-refractivity contribution < 1.29 is 0 Å². The lowest BCUT2D eigenvalue weighted by atomic mass is 10.2. The first-order chi connectivity index (χ1) is 5.41. The number of terminal acetylenes is 1. The molecule has 0 heteroatoms. The van der Waals surface area contributed by atoms with E-state index in [1.807, 2.05) is 6.42 Å². The zero-order valence-electron chi connectivity index (χ0n) is 7.19. The fourth-order valence-corrected chi connectivity index (χ4v) is 0.648. The van der Waals surface area contributed by atoms with Crippen LogP contribution >= 0.6 is 0 Å². The van der Waals surface area contributed by atoms with Crippen LogP contribution in [0.25, 0.3) is 0 Å². The highest BCUT2D eigenvalue weighted by molar-refractivity contribution is 5.09. The van der Waals surface area contributed by atoms with E-state index in [2.05, 4.69) is 24.7 Å². The minimum Gasteiger partial charge on any atom is -0.120 e. The largest absolute Gasteiger partial charge is 0.120 e. The van der Waals surface area contributed by atoms with Crippen molar-refractivity contribution in [3.8, 4) is 24.2 Å². The van der Waals surface area contributed by atoms with Crippen LogP contribution in [-0.2, 0) is 0 Å². The second-order valence-electron chi connectivity index (χ2n) is 2.37. The molecule has 0 bridgehead atoms. The molecule has 59 valence electrons. The molecule has 0 spiro atoms. The van der Waals surface area contributed by atoms with E-state index < -0.39 is 0 Å². The summed E-state index contributed by atoms with van der Waals surface area (Å²) in [6.07, 6.45) is 12.2. The standard InChI is InChI=1S/C11H15/c1-3-5-7-9-11-10-8-6-4-2/h1,11H,4-7,9H2,2H3. The summed E-state index contributed by atoms with van der Waals surface area (Å²) in [6.45, 7) is 2.13. The molecule has 0 nitrogen and oxygen atoms in total. The van der Waals surface area contributed by atoms with Gasteiger partial charge in [-0.2, -0.15) is 0 Å². The summed E-state index contributed by atoms with van der Waals surface area (Å²) in [5.41, 5.74) is 0. The van der Waals surface area contributed by atoms with Crippen LogP contribution in [-0.4, -0.2) is 0 Å². The van der Waals surface area contributed by atoms with Crippen LogP contribution in [0.2, 0.25) is 0 Å². The lowest BCUT2D eigenvalue weighted by molar-refractivity contribution is 0.862. The van der Waals surface area contributed by atoms with E-state index in [0.717, 1.165) is 32.1 Å². The molecule has 11 heavy (non-hydrogen) atoms. The molecule has 0 aromatic rings. The molecule has 0 heterocycles. The Balaban J connectivity index is 3.03. The van der Waals surface area contributed by atoms with Crippen molar-refractivity contribution in [3.05, 3.63) is 6.42 Å². The van der Waals surface area contributed by atoms with Gasteiger partial charge < -0.3 is 0 Å². The van der Waals surface area contributed by atoms with Gasteiger partial charge in [-0.3, -0.25) is 0 Å². The summed E-state index contributed by atoms with van der Waals surface area (Å²) in [7, 11) is 0. The third-order valence-corrected chi connectivity index (χ3v) is 1.25. The molecule has 0 saturated carbocycles. The van der Waals surface area contributed by atoms with Crippen molar-refractivity contribution in [1.29, 1.82) is 0 Å². The number of hydrogen-bond acceptors (Lipinski definition) is 0. The van der Waals surface area contributed by atoms with E-state index in [0.29, 0.717) is 0 Å². The van der Waals surface area contributed by atoms with Gasteiger partial charge in [0.05, 0.1) is 0 Å². The molecular weight excluding hydrogens is 132 g/mol. The quantitative estimate of drug-likeness (QED) is 0.423. The minimum absolute atomic E-state index is 0.867. The van der Waals surface area contributed by atoms with Gasteiger partial charge in [0, 0.05) is 19.3 Å². The van der Waals surface area contributed by atoms with Gasteiger partial charge in [-0.05, 0) is 19.3 Å². The highest BCUT2D eigenvalue weighted by Gasteiger charge is 1.81. The van der Waals surface area contributed by atoms with E-state index >= 15 is 0 Å². The van der Waals surface area contributed by atoms with Crippen molar-refractivity contribution in [1.82, 2.24) is 0 Å². The summed E-state index contributed by atoms with van der Waals surface area (Å²) < 4.78 is 0. The molecule has 0 aromatic heterocycles. The Labute approximate surface area is 70.4 Å². The fourth-order valence-electron chi connectivity index (χ4n) is 0.648. The molecule has 1 radical (unpaired) electrons. The van der Waals surface area contributed by atoms with Gasteiger partial charge in [-0.25, -0.2) is 0 Å². The van der Waals surface area contributed by atoms with E-state index in [4.69, 9.17) is 6.42 Å². The first kappa shape index (κ1) is 10.1. The summed E-state index contributed by atoms with van der Waals surface area (Å²) in [5, 5.41) is 0. The van der Waals surface area contributed by atoms with Crippen LogP contribution in [0.1, 0.15) is 39.0 Å². The Hall–Kier alpha value is -0.880. The average molecular weight is 147 g/mol. The van der Waals surface area contributed by atoms with Crippen LogP contribution < -0.4 is 0 Å². The Morgan fingerprint density at radius 2 is 2.18 bits per heavy atom. The maximum atomic E-state index is 5.09. The Bertz CT molecular complexity index is 161. The SMILES string of the molecule is C#CCCC[CH]C#CCCC. The first-order valence-electron chi connectivity index (χ1n) is 4.15. The van der Waals surface area contributed by atoms with Gasteiger partial charge in [0.25, 0.3) is 0 Å². The smallest absolute Gasteiger partial charge is 0.0340 e. The molecule has 0 aliphatic heterocycles. The van der Waals surface area contributed by atoms with Gasteiger partial charge in [-0.15, -0.1) is 18.3 Å². The van der Waals surface area contributed by atoms with Gasteiger partial charge in [-0.1, -0.05) is 12.8 Å². The molecule has 0 aromatic carbocycles. The van der Waals surface area contributed by atoms with Crippen molar-refractivity contribution in [2.45, 2.75) is 39.0 Å². The average Bonchev–Trinajstić information content (AvgIpc) is 2.03. The molecule has 0 atom stereocenters. The van der Waals surface area contributed by atoms with E-state index in [1.54, 1.807) is 0 Å². The lowest BCUT2D eigenvalue weighted by Crippen LogP contribution is -1.73. The Morgan fingerprint density at radius 1 is 1.36 bits per heavy atom. The minimum atomic E-state index is 0.867. The fraction of sp³-hybridized carbons (Fsp3) is 0.545. The second-order valence-corrected chi connectivity index (χ2v) is 2.37. The molecule has 0 amide bonds. The topological polar surface area (TPSA) is 0 Å². The predicted molar refractivity (Wildman–Crippen MR) is 49.7 cm³/mol. The predicted octanol–water partition coefficient (Wildman–Crippen LogP) is 2.80. The third-order valence-electron chi connectivity index (χ3n) is 1.25. The summed E-state index contributed by atoms with van der Waals surface area (Å²) in [5.74, 6) is 8.66. The molecule has 0 N–H and O–H groups in total. The molecule has 0 unspecified atom stereocenters. The number of unbranched alkanes of at least 4 members (excludes halogenated alkanes) is 4. The van der Waals surface area contributed by atoms with Crippen LogP contribution in [0, 0.1) is 30.6 Å². The Morgan fingerprint density at radius 3 is 2.82 bits per heavy atom. The molecule has 0 rings (SSSR count). The van der Waals surface area contributed by atoms with Crippen LogP contribution in [0.5, 0.6) is 0 Å². The van der Waals surface area contributed by atoms with Crippen molar-refractivity contribution in [2.75, 3.05) is 0 Å². The van der Waals surface area contributed by atoms with Gasteiger partial charge in [0.1, 0.15) is 0 Å². The zero-order chi connectivity index (χ0) is 8.36. The maximum absolute atomic E-state index is 5.09. The van der Waals surface area contributed by atoms with Crippen molar-refractivity contribution in [2.24, 2.45) is 0 Å². The van der Waals surface area contributed by atoms with Crippen molar-refractivity contribution in [3.63, 3.8) is 0 Å². The van der Waals surface area contributed by atoms with Crippen LogP contribution in [0.15, 0.2) is 0 Å². The molecule has 0 saturated heterocycles.